The second-order valence-electron chi connectivity index (χ2n) is 2.84. The van der Waals surface area contributed by atoms with Gasteiger partial charge >= 0.3 is 5.69 Å². The first kappa shape index (κ1) is 5.14. The maximum absolute atomic E-state index is 11.9. The number of hydrogen-bond donors (Lipinski definition) is 0. The van der Waals surface area contributed by atoms with Gasteiger partial charge < -0.3 is 4.57 Å². The van der Waals surface area contributed by atoms with Gasteiger partial charge in [-0.1, -0.05) is 0 Å². The Kier molecular flexibility index (Phi) is 0.942. The van der Waals surface area contributed by atoms with Crippen LogP contribution in [0.2, 0.25) is 0 Å². The topological polar surface area (TPSA) is 61.8 Å². The minimum Gasteiger partial charge on any atom is -0.328 e. The Hall–Kier alpha value is -1.85. The minimum absolute atomic E-state index is 0.128. The van der Waals surface area contributed by atoms with Gasteiger partial charge in [-0.05, 0) is 0 Å². The first-order valence-corrected chi connectivity index (χ1v) is 3.73. The minimum atomic E-state index is -1.66. The van der Waals surface area contributed by atoms with Crippen LogP contribution in [0.1, 0.15) is 5.48 Å². The number of hydrogen-bond acceptors (Lipinski definition) is 3. The molecule has 6 nitrogen and oxygen atoms in total. The van der Waals surface area contributed by atoms with Crippen molar-refractivity contribution in [3.8, 4) is 0 Å². The van der Waals surface area contributed by atoms with Crippen molar-refractivity contribution >= 4 is 11.2 Å². The van der Waals surface area contributed by atoms with Crippen molar-refractivity contribution in [3.05, 3.63) is 27.2 Å². The number of fused-ring (bicyclic) bond motifs is 1. The molecule has 0 bridgehead atoms. The van der Waals surface area contributed by atoms with E-state index in [2.05, 4.69) is 4.98 Å². The molecule has 0 spiro atoms. The summed E-state index contributed by atoms with van der Waals surface area (Å²) < 4.78 is 31.6. The van der Waals surface area contributed by atoms with Gasteiger partial charge in [0.15, 0.2) is 11.2 Å². The highest BCUT2D eigenvalue weighted by Crippen LogP contribution is 2.01. The normalized spacial score (nSPS) is 15.6. The van der Waals surface area contributed by atoms with Crippen LogP contribution in [0.5, 0.6) is 0 Å². The molecule has 2 aromatic heterocycles. The van der Waals surface area contributed by atoms with E-state index in [1.54, 1.807) is 0 Å². The van der Waals surface area contributed by atoms with E-state index in [0.717, 1.165) is 20.0 Å². The number of nitrogens with zero attached hydrogens (tertiary/aromatic N) is 4. The molecule has 0 aliphatic rings. The molecule has 2 rings (SSSR count). The molecule has 0 radical (unpaired) electrons. The second-order valence-corrected chi connectivity index (χ2v) is 2.84. The zero-order valence-electron chi connectivity index (χ0n) is 11.3. The van der Waals surface area contributed by atoms with Gasteiger partial charge in [0.05, 0.1) is 6.33 Å². The summed E-state index contributed by atoms with van der Waals surface area (Å²) in [6.07, 6.45) is 1.08. The van der Waals surface area contributed by atoms with Crippen molar-refractivity contribution in [1.29, 1.82) is 0 Å². The average molecular weight is 198 g/mol. The van der Waals surface area contributed by atoms with Crippen LogP contribution in [0.25, 0.3) is 11.2 Å². The second kappa shape index (κ2) is 2.57. The third-order valence-corrected chi connectivity index (χ3v) is 2.00. The molecule has 0 aliphatic carbocycles. The van der Waals surface area contributed by atoms with Crippen molar-refractivity contribution in [1.82, 2.24) is 18.7 Å². The zero-order chi connectivity index (χ0) is 13.6. The van der Waals surface area contributed by atoms with Crippen molar-refractivity contribution in [3.63, 3.8) is 0 Å². The SMILES string of the molecule is [2H]C([2H])n1cnc2c1c(=O)n(C)c(=O)n2C([2H])[2H]. The summed E-state index contributed by atoms with van der Waals surface area (Å²) in [5, 5.41) is 0. The fraction of sp³-hybridized carbons (Fsp3) is 0.375. The van der Waals surface area contributed by atoms with Gasteiger partial charge in [0.25, 0.3) is 5.56 Å². The predicted octanol–water partition coefficient (Wildman–Crippen LogP) is -1.03. The van der Waals surface area contributed by atoms with Gasteiger partial charge in [-0.2, -0.15) is 0 Å². The van der Waals surface area contributed by atoms with Gasteiger partial charge in [-0.25, -0.2) is 9.78 Å². The Balaban J connectivity index is 3.05. The van der Waals surface area contributed by atoms with E-state index in [0.29, 0.717) is 0 Å². The maximum Gasteiger partial charge on any atom is 0.332 e. The molecule has 2 heterocycles. The van der Waals surface area contributed by atoms with Crippen molar-refractivity contribution in [2.24, 2.45) is 21.0 Å². The largest absolute Gasteiger partial charge is 0.332 e. The smallest absolute Gasteiger partial charge is 0.328 e. The number of rotatable bonds is 0. The monoisotopic (exact) mass is 198 g/mol. The summed E-state index contributed by atoms with van der Waals surface area (Å²) in [7, 11) is 1.21. The Labute approximate surface area is 84.6 Å². The van der Waals surface area contributed by atoms with Crippen LogP contribution in [0.4, 0.5) is 0 Å². The van der Waals surface area contributed by atoms with Crippen LogP contribution in [-0.2, 0) is 21.0 Å². The zero-order valence-corrected chi connectivity index (χ0v) is 7.34. The molecule has 2 aromatic rings. The van der Waals surface area contributed by atoms with Crippen LogP contribution < -0.4 is 11.2 Å². The highest BCUT2D eigenvalue weighted by molar-refractivity contribution is 5.69. The van der Waals surface area contributed by atoms with Gasteiger partial charge in [-0.3, -0.25) is 13.9 Å². The quantitative estimate of drug-likeness (QED) is 0.544. The molecule has 0 aliphatic heterocycles. The molecule has 0 saturated heterocycles. The number of aromatic nitrogens is 4. The first-order valence-electron chi connectivity index (χ1n) is 6.04. The molecule has 74 valence electrons. The van der Waals surface area contributed by atoms with Crippen molar-refractivity contribution < 1.29 is 5.48 Å². The molecule has 0 amide bonds. The van der Waals surface area contributed by atoms with E-state index in [-0.39, 0.29) is 11.2 Å². The molecular formula is C8H10N4O2. The third-order valence-electron chi connectivity index (χ3n) is 2.00. The van der Waals surface area contributed by atoms with Crippen LogP contribution in [0.15, 0.2) is 15.9 Å². The fourth-order valence-electron chi connectivity index (χ4n) is 1.23. The molecule has 6 heteroatoms. The molecule has 0 N–H and O–H groups in total. The van der Waals surface area contributed by atoms with Crippen LogP contribution in [0.3, 0.4) is 0 Å². The molecule has 0 fully saturated rings. The molecule has 0 atom stereocenters. The lowest BCUT2D eigenvalue weighted by atomic mass is 10.5. The summed E-state index contributed by atoms with van der Waals surface area (Å²) in [5.74, 6) is 0. The Morgan fingerprint density at radius 3 is 2.79 bits per heavy atom. The van der Waals surface area contributed by atoms with Gasteiger partial charge in [-0.15, -0.1) is 0 Å². The lowest BCUT2D eigenvalue weighted by Crippen LogP contribution is -2.37. The summed E-state index contributed by atoms with van der Waals surface area (Å²) in [6.45, 7) is -3.16. The average Bonchev–Trinajstić information content (AvgIpc) is 2.70. The van der Waals surface area contributed by atoms with Crippen LogP contribution in [0, 0.1) is 0 Å². The van der Waals surface area contributed by atoms with Crippen LogP contribution >= 0.6 is 0 Å². The third kappa shape index (κ3) is 0.876. The van der Waals surface area contributed by atoms with Gasteiger partial charge in [0.2, 0.25) is 0 Å². The lowest BCUT2D eigenvalue weighted by Gasteiger charge is -2.02. The summed E-state index contributed by atoms with van der Waals surface area (Å²) in [5.41, 5.74) is -1.80. The van der Waals surface area contributed by atoms with E-state index in [1.165, 1.54) is 7.05 Å². The molecule has 0 unspecified atom stereocenters. The fourth-order valence-corrected chi connectivity index (χ4v) is 1.23. The highest BCUT2D eigenvalue weighted by atomic mass is 16.2. The molecule has 0 aromatic carbocycles. The van der Waals surface area contributed by atoms with Crippen molar-refractivity contribution in [2.75, 3.05) is 0 Å². The van der Waals surface area contributed by atoms with Crippen molar-refractivity contribution in [2.45, 2.75) is 0 Å². The standard InChI is InChI=1S/C8H10N4O2/c1-10-4-9-6-5(10)7(13)12(3)8(14)11(6)2/h4H,1-3H3/i1D2,2D2. The molecular weight excluding hydrogens is 184 g/mol. The number of imidazole rings is 1. The van der Waals surface area contributed by atoms with E-state index in [1.807, 2.05) is 0 Å². The Morgan fingerprint density at radius 2 is 2.14 bits per heavy atom. The van der Waals surface area contributed by atoms with E-state index >= 15 is 0 Å². The van der Waals surface area contributed by atoms with Gasteiger partial charge in [0, 0.05) is 26.5 Å². The Morgan fingerprint density at radius 1 is 1.36 bits per heavy atom. The highest BCUT2D eigenvalue weighted by Gasteiger charge is 2.11. The number of aryl methyl sites for hydroxylation is 2. The van der Waals surface area contributed by atoms with E-state index in [4.69, 9.17) is 5.48 Å². The van der Waals surface area contributed by atoms with Gasteiger partial charge in [0.1, 0.15) is 0 Å². The molecule has 0 saturated carbocycles. The summed E-state index contributed by atoms with van der Waals surface area (Å²) in [6, 6.07) is 0. The van der Waals surface area contributed by atoms with E-state index < -0.39 is 25.2 Å². The van der Waals surface area contributed by atoms with Crippen LogP contribution in [-0.4, -0.2) is 18.7 Å². The summed E-state index contributed by atoms with van der Waals surface area (Å²) >= 11 is 0. The van der Waals surface area contributed by atoms with E-state index in [9.17, 15) is 9.59 Å². The molecule has 14 heavy (non-hydrogen) atoms. The summed E-state index contributed by atoms with van der Waals surface area (Å²) in [4.78, 5) is 27.4. The predicted molar refractivity (Wildman–Crippen MR) is 51.2 cm³/mol. The lowest BCUT2D eigenvalue weighted by molar-refractivity contribution is 0.705. The first-order chi connectivity index (χ1) is 8.36. The Bertz CT molecular complexity index is 714. The maximum atomic E-state index is 11.9.